The molecule has 0 unspecified atom stereocenters. The normalized spacial score (nSPS) is 11.1. The third kappa shape index (κ3) is 4.10. The van der Waals surface area contributed by atoms with E-state index in [1.165, 1.54) is 0 Å². The Hall–Kier alpha value is -2.10. The highest BCUT2D eigenvalue weighted by Gasteiger charge is 2.04. The molecule has 0 amide bonds. The van der Waals surface area contributed by atoms with E-state index >= 15 is 0 Å². The van der Waals surface area contributed by atoms with E-state index < -0.39 is 5.97 Å². The van der Waals surface area contributed by atoms with Crippen LogP contribution in [0.3, 0.4) is 0 Å². The molecule has 0 aromatic heterocycles. The van der Waals surface area contributed by atoms with Crippen molar-refractivity contribution in [1.82, 2.24) is 0 Å². The van der Waals surface area contributed by atoms with E-state index in [9.17, 15) is 9.59 Å². The number of carbonyl (C=O) groups is 2. The van der Waals surface area contributed by atoms with E-state index in [-0.39, 0.29) is 5.97 Å². The first-order valence-electron chi connectivity index (χ1n) is 5.25. The van der Waals surface area contributed by atoms with Gasteiger partial charge in [0.1, 0.15) is 5.75 Å². The predicted octanol–water partition coefficient (Wildman–Crippen LogP) is 2.49. The number of hydrogen-bond donors (Lipinski definition) is 1. The third-order valence-corrected chi connectivity index (χ3v) is 2.15. The summed E-state index contributed by atoms with van der Waals surface area (Å²) in [4.78, 5) is 21.6. The molecular formula is C13H14O4. The van der Waals surface area contributed by atoms with Crippen LogP contribution in [0.2, 0.25) is 0 Å². The molecule has 4 nitrogen and oxygen atoms in total. The molecule has 1 aromatic rings. The molecule has 1 N–H and O–H groups in total. The third-order valence-electron chi connectivity index (χ3n) is 2.15. The molecule has 0 fully saturated rings. The number of allylic oxidation sites excluding steroid dienone is 1. The van der Waals surface area contributed by atoms with Gasteiger partial charge in [-0.15, -0.1) is 0 Å². The highest BCUT2D eigenvalue weighted by Crippen LogP contribution is 2.20. The van der Waals surface area contributed by atoms with E-state index in [1.54, 1.807) is 38.1 Å². The number of hydrogen-bond acceptors (Lipinski definition) is 3. The van der Waals surface area contributed by atoms with Crippen LogP contribution in [0.1, 0.15) is 25.8 Å². The van der Waals surface area contributed by atoms with Crippen LogP contribution in [0.5, 0.6) is 5.75 Å². The summed E-state index contributed by atoms with van der Waals surface area (Å²) >= 11 is 0. The summed E-state index contributed by atoms with van der Waals surface area (Å²) in [7, 11) is 0. The van der Waals surface area contributed by atoms with Gasteiger partial charge in [-0.2, -0.15) is 0 Å². The van der Waals surface area contributed by atoms with Gasteiger partial charge in [0, 0.05) is 12.5 Å². The fourth-order valence-electron chi connectivity index (χ4n) is 1.28. The van der Waals surface area contributed by atoms with Gasteiger partial charge < -0.3 is 9.84 Å². The lowest BCUT2D eigenvalue weighted by molar-refractivity contribution is -0.134. The van der Waals surface area contributed by atoms with Crippen molar-refractivity contribution in [3.05, 3.63) is 35.9 Å². The molecule has 0 aliphatic carbocycles. The summed E-state index contributed by atoms with van der Waals surface area (Å²) in [5.74, 6) is -0.895. The van der Waals surface area contributed by atoms with Gasteiger partial charge >= 0.3 is 11.9 Å². The number of aliphatic carboxylic acids is 1. The van der Waals surface area contributed by atoms with E-state index in [1.807, 2.05) is 0 Å². The first-order valence-corrected chi connectivity index (χ1v) is 5.25. The van der Waals surface area contributed by atoms with Crippen molar-refractivity contribution >= 4 is 17.5 Å². The highest BCUT2D eigenvalue weighted by molar-refractivity contribution is 5.89. The maximum atomic E-state index is 11.1. The maximum Gasteiger partial charge on any atom is 0.328 e. The fraction of sp³-hybridized carbons (Fsp3) is 0.231. The molecule has 0 saturated heterocycles. The summed E-state index contributed by atoms with van der Waals surface area (Å²) < 4.78 is 5.05. The predicted molar refractivity (Wildman–Crippen MR) is 63.7 cm³/mol. The molecule has 0 bridgehead atoms. The summed E-state index contributed by atoms with van der Waals surface area (Å²) in [5, 5.41) is 8.64. The molecule has 0 atom stereocenters. The van der Waals surface area contributed by atoms with E-state index in [0.29, 0.717) is 23.3 Å². The second kappa shape index (κ2) is 5.84. The van der Waals surface area contributed by atoms with Gasteiger partial charge in [0.15, 0.2) is 0 Å². The van der Waals surface area contributed by atoms with Crippen molar-refractivity contribution in [3.8, 4) is 5.75 Å². The fourth-order valence-corrected chi connectivity index (χ4v) is 1.28. The molecular weight excluding hydrogens is 220 g/mol. The molecule has 0 saturated carbocycles. The van der Waals surface area contributed by atoms with Crippen molar-refractivity contribution < 1.29 is 19.4 Å². The molecule has 4 heteroatoms. The van der Waals surface area contributed by atoms with Gasteiger partial charge in [-0.05, 0) is 30.2 Å². The average Bonchev–Trinajstić information content (AvgIpc) is 2.28. The molecule has 0 radical (unpaired) electrons. The Bertz CT molecular complexity index is 460. The minimum absolute atomic E-state index is 0.300. The standard InChI is InChI=1S/C13H14O4/c1-3-13(16)17-11-6-4-5-10(8-11)9(2)7-12(14)15/h4-8H,3H2,1-2H3,(H,14,15). The average molecular weight is 234 g/mol. The van der Waals surface area contributed by atoms with Crippen LogP contribution in [0.4, 0.5) is 0 Å². The largest absolute Gasteiger partial charge is 0.478 e. The van der Waals surface area contributed by atoms with Crippen LogP contribution in [-0.2, 0) is 9.59 Å². The summed E-state index contributed by atoms with van der Waals surface area (Å²) in [6.07, 6.45) is 1.41. The zero-order valence-electron chi connectivity index (χ0n) is 9.77. The van der Waals surface area contributed by atoms with Crippen LogP contribution >= 0.6 is 0 Å². The summed E-state index contributed by atoms with van der Waals surface area (Å²) in [6, 6.07) is 6.78. The van der Waals surface area contributed by atoms with Crippen molar-refractivity contribution in [2.45, 2.75) is 20.3 Å². The van der Waals surface area contributed by atoms with Gasteiger partial charge in [-0.3, -0.25) is 4.79 Å². The van der Waals surface area contributed by atoms with Gasteiger partial charge in [0.25, 0.3) is 0 Å². The van der Waals surface area contributed by atoms with Crippen LogP contribution in [-0.4, -0.2) is 17.0 Å². The Morgan fingerprint density at radius 2 is 2.12 bits per heavy atom. The number of esters is 1. The van der Waals surface area contributed by atoms with Crippen LogP contribution in [0.25, 0.3) is 5.57 Å². The number of carboxylic acids is 1. The number of benzene rings is 1. The van der Waals surface area contributed by atoms with Crippen LogP contribution < -0.4 is 4.74 Å². The van der Waals surface area contributed by atoms with Crippen molar-refractivity contribution in [1.29, 1.82) is 0 Å². The monoisotopic (exact) mass is 234 g/mol. The van der Waals surface area contributed by atoms with Crippen LogP contribution in [0, 0.1) is 0 Å². The lowest BCUT2D eigenvalue weighted by Crippen LogP contribution is -2.05. The van der Waals surface area contributed by atoms with E-state index in [4.69, 9.17) is 9.84 Å². The minimum atomic E-state index is -1.00. The first kappa shape index (κ1) is 13.0. The second-order valence-corrected chi connectivity index (χ2v) is 3.52. The van der Waals surface area contributed by atoms with Crippen molar-refractivity contribution in [2.75, 3.05) is 0 Å². The highest BCUT2D eigenvalue weighted by atomic mass is 16.5. The Balaban J connectivity index is 2.93. The molecule has 0 aliphatic heterocycles. The Morgan fingerprint density at radius 3 is 2.71 bits per heavy atom. The molecule has 0 heterocycles. The summed E-state index contributed by atoms with van der Waals surface area (Å²) in [6.45, 7) is 3.40. The first-order chi connectivity index (χ1) is 8.02. The second-order valence-electron chi connectivity index (χ2n) is 3.52. The SMILES string of the molecule is CCC(=O)Oc1cccc(C(C)=CC(=O)O)c1. The number of carbonyl (C=O) groups excluding carboxylic acids is 1. The van der Waals surface area contributed by atoms with E-state index in [0.717, 1.165) is 6.08 Å². The molecule has 90 valence electrons. The number of ether oxygens (including phenoxy) is 1. The smallest absolute Gasteiger partial charge is 0.328 e. The number of carboxylic acid groups (broad SMARTS) is 1. The van der Waals surface area contributed by atoms with Gasteiger partial charge in [-0.1, -0.05) is 19.1 Å². The minimum Gasteiger partial charge on any atom is -0.478 e. The molecule has 1 rings (SSSR count). The topological polar surface area (TPSA) is 63.6 Å². The van der Waals surface area contributed by atoms with Crippen molar-refractivity contribution in [3.63, 3.8) is 0 Å². The van der Waals surface area contributed by atoms with Gasteiger partial charge in [0.2, 0.25) is 0 Å². The number of rotatable bonds is 4. The molecule has 17 heavy (non-hydrogen) atoms. The zero-order chi connectivity index (χ0) is 12.8. The Labute approximate surface area is 99.5 Å². The van der Waals surface area contributed by atoms with Crippen LogP contribution in [0.15, 0.2) is 30.3 Å². The maximum absolute atomic E-state index is 11.1. The molecule has 0 aliphatic rings. The van der Waals surface area contributed by atoms with Crippen molar-refractivity contribution in [2.24, 2.45) is 0 Å². The Kier molecular flexibility index (Phi) is 4.46. The molecule has 0 spiro atoms. The quantitative estimate of drug-likeness (QED) is 0.494. The van der Waals surface area contributed by atoms with E-state index in [2.05, 4.69) is 0 Å². The lowest BCUT2D eigenvalue weighted by Gasteiger charge is -2.05. The lowest BCUT2D eigenvalue weighted by atomic mass is 10.1. The molecule has 1 aromatic carbocycles. The van der Waals surface area contributed by atoms with Gasteiger partial charge in [-0.25, -0.2) is 4.79 Å². The summed E-state index contributed by atoms with van der Waals surface area (Å²) in [5.41, 5.74) is 1.32. The Morgan fingerprint density at radius 1 is 1.41 bits per heavy atom. The zero-order valence-corrected chi connectivity index (χ0v) is 9.77. The van der Waals surface area contributed by atoms with Gasteiger partial charge in [0.05, 0.1) is 0 Å².